The number of hydrogen-bond donors (Lipinski definition) is 2. The van der Waals surface area contributed by atoms with Crippen LogP contribution in [-0.4, -0.2) is 30.0 Å². The van der Waals surface area contributed by atoms with Crippen LogP contribution in [0.2, 0.25) is 5.02 Å². The van der Waals surface area contributed by atoms with Crippen molar-refractivity contribution in [3.05, 3.63) is 28.2 Å². The maximum Gasteiger partial charge on any atom is 0.237 e. The van der Waals surface area contributed by atoms with E-state index in [4.69, 9.17) is 11.6 Å². The summed E-state index contributed by atoms with van der Waals surface area (Å²) in [5, 5.41) is 7.70. The smallest absolute Gasteiger partial charge is 0.237 e. The number of piperazine rings is 1. The number of halogens is 1. The zero-order chi connectivity index (χ0) is 12.5. The van der Waals surface area contributed by atoms with Gasteiger partial charge in [0.05, 0.1) is 26.3 Å². The van der Waals surface area contributed by atoms with Crippen molar-refractivity contribution in [1.29, 1.82) is 0 Å². The van der Waals surface area contributed by atoms with E-state index in [0.29, 0.717) is 13.0 Å². The summed E-state index contributed by atoms with van der Waals surface area (Å²) in [4.78, 5) is 16.2. The Labute approximate surface area is 113 Å². The first-order valence-corrected chi connectivity index (χ1v) is 6.98. The van der Waals surface area contributed by atoms with Crippen molar-refractivity contribution in [3.63, 3.8) is 0 Å². The van der Waals surface area contributed by atoms with E-state index in [2.05, 4.69) is 15.6 Å². The fourth-order valence-corrected chi connectivity index (χ4v) is 3.34. The molecule has 2 heterocycles. The summed E-state index contributed by atoms with van der Waals surface area (Å²) < 4.78 is 0.991. The van der Waals surface area contributed by atoms with Crippen molar-refractivity contribution in [3.8, 4) is 0 Å². The Bertz CT molecular complexity index is 598. The summed E-state index contributed by atoms with van der Waals surface area (Å²) in [6, 6.07) is 5.50. The molecule has 1 atom stereocenters. The summed E-state index contributed by atoms with van der Waals surface area (Å²) in [6.07, 6.45) is 0.613. The van der Waals surface area contributed by atoms with Gasteiger partial charge in [0.1, 0.15) is 0 Å². The molecule has 2 N–H and O–H groups in total. The van der Waals surface area contributed by atoms with Crippen molar-refractivity contribution in [2.75, 3.05) is 13.1 Å². The van der Waals surface area contributed by atoms with Gasteiger partial charge in [0.15, 0.2) is 0 Å². The standard InChI is InChI=1S/C12H12ClN3OS/c13-7-2-1-3-8-11(7)18-10(16-8)6-9-12(17)15-5-4-14-9/h1-3,9,14H,4-6H2,(H,15,17). The molecule has 4 nitrogen and oxygen atoms in total. The van der Waals surface area contributed by atoms with Crippen LogP contribution in [0.25, 0.3) is 10.2 Å². The molecule has 3 rings (SSSR count). The van der Waals surface area contributed by atoms with Crippen molar-refractivity contribution in [2.24, 2.45) is 0 Å². The lowest BCUT2D eigenvalue weighted by molar-refractivity contribution is -0.124. The third kappa shape index (κ3) is 2.21. The summed E-state index contributed by atoms with van der Waals surface area (Å²) in [7, 11) is 0. The van der Waals surface area contributed by atoms with Gasteiger partial charge in [-0.2, -0.15) is 0 Å². The molecule has 1 aliphatic heterocycles. The molecule has 0 saturated carbocycles. The molecule has 1 aliphatic rings. The quantitative estimate of drug-likeness (QED) is 0.879. The van der Waals surface area contributed by atoms with Crippen LogP contribution in [0.15, 0.2) is 18.2 Å². The number of carbonyl (C=O) groups is 1. The van der Waals surface area contributed by atoms with Gasteiger partial charge >= 0.3 is 0 Å². The van der Waals surface area contributed by atoms with Gasteiger partial charge in [-0.3, -0.25) is 4.79 Å². The second kappa shape index (κ2) is 4.84. The summed E-state index contributed by atoms with van der Waals surface area (Å²) in [6.45, 7) is 1.50. The van der Waals surface area contributed by atoms with Crippen LogP contribution in [0.3, 0.4) is 0 Å². The SMILES string of the molecule is O=C1NCCNC1Cc1nc2cccc(Cl)c2s1. The molecule has 18 heavy (non-hydrogen) atoms. The van der Waals surface area contributed by atoms with Crippen LogP contribution in [0.4, 0.5) is 0 Å². The van der Waals surface area contributed by atoms with Gasteiger partial charge in [0.25, 0.3) is 0 Å². The van der Waals surface area contributed by atoms with Crippen LogP contribution in [0, 0.1) is 0 Å². The van der Waals surface area contributed by atoms with E-state index in [9.17, 15) is 4.79 Å². The zero-order valence-electron chi connectivity index (χ0n) is 9.57. The van der Waals surface area contributed by atoms with Gasteiger partial charge < -0.3 is 10.6 Å². The van der Waals surface area contributed by atoms with Crippen molar-refractivity contribution in [1.82, 2.24) is 15.6 Å². The third-order valence-electron chi connectivity index (χ3n) is 2.92. The second-order valence-electron chi connectivity index (χ2n) is 4.20. The van der Waals surface area contributed by atoms with Crippen LogP contribution in [0.5, 0.6) is 0 Å². The average molecular weight is 282 g/mol. The number of hydrogen-bond acceptors (Lipinski definition) is 4. The Balaban J connectivity index is 1.86. The highest BCUT2D eigenvalue weighted by Crippen LogP contribution is 2.29. The Hall–Kier alpha value is -1.17. The molecule has 0 aliphatic carbocycles. The largest absolute Gasteiger partial charge is 0.353 e. The van der Waals surface area contributed by atoms with Gasteiger partial charge in [-0.15, -0.1) is 11.3 Å². The fourth-order valence-electron chi connectivity index (χ4n) is 2.04. The monoisotopic (exact) mass is 281 g/mol. The number of aromatic nitrogens is 1. The predicted molar refractivity (Wildman–Crippen MR) is 73.1 cm³/mol. The number of carbonyl (C=O) groups excluding carboxylic acids is 1. The molecular weight excluding hydrogens is 270 g/mol. The normalized spacial score (nSPS) is 20.1. The highest BCUT2D eigenvalue weighted by Gasteiger charge is 2.23. The molecule has 0 spiro atoms. The molecular formula is C12H12ClN3OS. The van der Waals surface area contributed by atoms with Crippen LogP contribution in [-0.2, 0) is 11.2 Å². The zero-order valence-corrected chi connectivity index (χ0v) is 11.1. The first-order chi connectivity index (χ1) is 8.74. The number of rotatable bonds is 2. The number of benzene rings is 1. The Kier molecular flexibility index (Phi) is 3.20. The van der Waals surface area contributed by atoms with Gasteiger partial charge in [0.2, 0.25) is 5.91 Å². The van der Waals surface area contributed by atoms with Gasteiger partial charge in [0, 0.05) is 19.5 Å². The average Bonchev–Trinajstić information content (AvgIpc) is 2.76. The fraction of sp³-hybridized carbons (Fsp3) is 0.333. The maximum atomic E-state index is 11.7. The molecule has 0 bridgehead atoms. The van der Waals surface area contributed by atoms with E-state index in [1.165, 1.54) is 0 Å². The van der Waals surface area contributed by atoms with E-state index in [1.807, 2.05) is 18.2 Å². The molecule has 1 aromatic carbocycles. The Morgan fingerprint density at radius 1 is 1.44 bits per heavy atom. The van der Waals surface area contributed by atoms with Gasteiger partial charge in [-0.25, -0.2) is 4.98 Å². The first kappa shape index (κ1) is 11.9. The van der Waals surface area contributed by atoms with Gasteiger partial charge in [-0.05, 0) is 12.1 Å². The van der Waals surface area contributed by atoms with Crippen LogP contribution >= 0.6 is 22.9 Å². The topological polar surface area (TPSA) is 54.0 Å². The van der Waals surface area contributed by atoms with E-state index >= 15 is 0 Å². The molecule has 0 radical (unpaired) electrons. The molecule has 2 aromatic rings. The lowest BCUT2D eigenvalue weighted by Crippen LogP contribution is -2.53. The van der Waals surface area contributed by atoms with Gasteiger partial charge in [-0.1, -0.05) is 17.7 Å². The molecule has 1 unspecified atom stereocenters. The Morgan fingerprint density at radius 2 is 2.33 bits per heavy atom. The lowest BCUT2D eigenvalue weighted by Gasteiger charge is -2.22. The number of nitrogens with zero attached hydrogens (tertiary/aromatic N) is 1. The molecule has 1 saturated heterocycles. The summed E-state index contributed by atoms with van der Waals surface area (Å²) in [5.41, 5.74) is 0.902. The van der Waals surface area contributed by atoms with E-state index in [1.54, 1.807) is 11.3 Å². The van der Waals surface area contributed by atoms with Crippen molar-refractivity contribution < 1.29 is 4.79 Å². The minimum atomic E-state index is -0.182. The van der Waals surface area contributed by atoms with E-state index in [-0.39, 0.29) is 11.9 Å². The summed E-state index contributed by atoms with van der Waals surface area (Å²) >= 11 is 7.67. The van der Waals surface area contributed by atoms with Crippen LogP contribution in [0.1, 0.15) is 5.01 Å². The van der Waals surface area contributed by atoms with Crippen molar-refractivity contribution in [2.45, 2.75) is 12.5 Å². The Morgan fingerprint density at radius 3 is 3.11 bits per heavy atom. The minimum absolute atomic E-state index is 0.0478. The molecule has 94 valence electrons. The number of fused-ring (bicyclic) bond motifs is 1. The molecule has 1 amide bonds. The third-order valence-corrected chi connectivity index (χ3v) is 4.48. The molecule has 6 heteroatoms. The number of amides is 1. The summed E-state index contributed by atoms with van der Waals surface area (Å²) in [5.74, 6) is 0.0478. The van der Waals surface area contributed by atoms with E-state index in [0.717, 1.165) is 26.8 Å². The number of nitrogens with one attached hydrogen (secondary N) is 2. The predicted octanol–water partition coefficient (Wildman–Crippen LogP) is 1.58. The molecule has 1 fully saturated rings. The lowest BCUT2D eigenvalue weighted by atomic mass is 10.1. The highest BCUT2D eigenvalue weighted by molar-refractivity contribution is 7.19. The van der Waals surface area contributed by atoms with E-state index < -0.39 is 0 Å². The van der Waals surface area contributed by atoms with Crippen molar-refractivity contribution >= 4 is 39.1 Å². The molecule has 1 aromatic heterocycles. The number of thiazole rings is 1. The maximum absolute atomic E-state index is 11.7. The first-order valence-electron chi connectivity index (χ1n) is 5.79. The second-order valence-corrected chi connectivity index (χ2v) is 5.69. The van der Waals surface area contributed by atoms with Crippen LogP contribution < -0.4 is 10.6 Å². The minimum Gasteiger partial charge on any atom is -0.353 e. The highest BCUT2D eigenvalue weighted by atomic mass is 35.5.